The Morgan fingerprint density at radius 3 is 2.93 bits per heavy atom. The molecule has 1 aromatic carbocycles. The second-order valence-corrected chi connectivity index (χ2v) is 4.86. The monoisotopic (exact) mass is 294 g/mol. The SMILES string of the molecule is CCOC(=S)Sc1ccc(F)cc1Br. The molecule has 0 aromatic heterocycles. The highest BCUT2D eigenvalue weighted by molar-refractivity contribution is 9.10. The van der Waals surface area contributed by atoms with E-state index in [9.17, 15) is 4.39 Å². The Bertz CT molecular complexity index is 344. The van der Waals surface area contributed by atoms with Crippen molar-refractivity contribution in [3.8, 4) is 0 Å². The molecule has 76 valence electrons. The molecule has 0 amide bonds. The Kier molecular flexibility index (Phi) is 4.84. The third-order valence-electron chi connectivity index (χ3n) is 1.35. The largest absolute Gasteiger partial charge is 0.479 e. The van der Waals surface area contributed by atoms with Gasteiger partial charge in [0.25, 0.3) is 0 Å². The number of hydrogen-bond acceptors (Lipinski definition) is 3. The van der Waals surface area contributed by atoms with Gasteiger partial charge in [0, 0.05) is 9.37 Å². The molecule has 0 aliphatic carbocycles. The fraction of sp³-hybridized carbons (Fsp3) is 0.222. The molecular weight excluding hydrogens is 287 g/mol. The van der Waals surface area contributed by atoms with E-state index in [1.54, 1.807) is 6.07 Å². The van der Waals surface area contributed by atoms with E-state index in [-0.39, 0.29) is 5.82 Å². The lowest BCUT2D eigenvalue weighted by molar-refractivity contribution is 0.346. The highest BCUT2D eigenvalue weighted by Gasteiger charge is 2.05. The summed E-state index contributed by atoms with van der Waals surface area (Å²) in [5.74, 6) is -0.274. The van der Waals surface area contributed by atoms with E-state index in [1.165, 1.54) is 23.9 Å². The maximum Gasteiger partial charge on any atom is 0.224 e. The van der Waals surface area contributed by atoms with Crippen LogP contribution in [0.5, 0.6) is 0 Å². The second-order valence-electron chi connectivity index (χ2n) is 2.36. The predicted molar refractivity (Wildman–Crippen MR) is 64.2 cm³/mol. The van der Waals surface area contributed by atoms with E-state index in [2.05, 4.69) is 15.9 Å². The molecule has 1 aromatic rings. The number of ether oxygens (including phenoxy) is 1. The van der Waals surface area contributed by atoms with Crippen molar-refractivity contribution in [1.82, 2.24) is 0 Å². The molecule has 0 spiro atoms. The molecule has 1 rings (SSSR count). The minimum Gasteiger partial charge on any atom is -0.479 e. The van der Waals surface area contributed by atoms with Gasteiger partial charge in [-0.3, -0.25) is 0 Å². The van der Waals surface area contributed by atoms with Gasteiger partial charge in [0.15, 0.2) is 0 Å². The molecule has 0 atom stereocenters. The van der Waals surface area contributed by atoms with E-state index < -0.39 is 0 Å². The maximum absolute atomic E-state index is 12.7. The molecule has 0 aliphatic rings. The molecule has 0 radical (unpaired) electrons. The Balaban J connectivity index is 2.72. The predicted octanol–water partition coefficient (Wildman–Crippen LogP) is 4.00. The van der Waals surface area contributed by atoms with Crippen LogP contribution < -0.4 is 0 Å². The molecule has 0 aliphatic heterocycles. The molecule has 0 bridgehead atoms. The maximum atomic E-state index is 12.7. The fourth-order valence-corrected chi connectivity index (χ4v) is 2.42. The van der Waals surface area contributed by atoms with Crippen molar-refractivity contribution >= 4 is 44.3 Å². The summed E-state index contributed by atoms with van der Waals surface area (Å²) in [7, 11) is 0. The number of benzene rings is 1. The van der Waals surface area contributed by atoms with Crippen LogP contribution in [0.1, 0.15) is 6.92 Å². The van der Waals surface area contributed by atoms with Gasteiger partial charge in [-0.25, -0.2) is 4.39 Å². The zero-order chi connectivity index (χ0) is 10.6. The first-order chi connectivity index (χ1) is 6.63. The minimum atomic E-state index is -0.274. The smallest absolute Gasteiger partial charge is 0.224 e. The zero-order valence-corrected chi connectivity index (χ0v) is 10.6. The van der Waals surface area contributed by atoms with E-state index >= 15 is 0 Å². The van der Waals surface area contributed by atoms with Crippen LogP contribution in [0, 0.1) is 5.82 Å². The minimum absolute atomic E-state index is 0.274. The lowest BCUT2D eigenvalue weighted by Gasteiger charge is -2.05. The van der Waals surface area contributed by atoms with Crippen LogP contribution in [0.4, 0.5) is 4.39 Å². The Morgan fingerprint density at radius 1 is 1.64 bits per heavy atom. The van der Waals surface area contributed by atoms with E-state index in [0.717, 1.165) is 4.90 Å². The van der Waals surface area contributed by atoms with Gasteiger partial charge in [0.05, 0.1) is 6.61 Å². The molecule has 0 saturated heterocycles. The molecule has 14 heavy (non-hydrogen) atoms. The van der Waals surface area contributed by atoms with Gasteiger partial charge in [0.1, 0.15) is 5.82 Å². The zero-order valence-electron chi connectivity index (χ0n) is 7.42. The van der Waals surface area contributed by atoms with Gasteiger partial charge >= 0.3 is 0 Å². The summed E-state index contributed by atoms with van der Waals surface area (Å²) in [6, 6.07) is 4.45. The molecule has 0 heterocycles. The lowest BCUT2D eigenvalue weighted by Crippen LogP contribution is -1.95. The van der Waals surface area contributed by atoms with Crippen molar-refractivity contribution in [2.45, 2.75) is 11.8 Å². The van der Waals surface area contributed by atoms with Crippen molar-refractivity contribution in [2.75, 3.05) is 6.61 Å². The normalized spacial score (nSPS) is 9.93. The molecular formula is C9H8BrFOS2. The Hall–Kier alpha value is -0.130. The first-order valence-corrected chi connectivity index (χ1v) is 5.95. The van der Waals surface area contributed by atoms with Crippen molar-refractivity contribution in [3.05, 3.63) is 28.5 Å². The summed E-state index contributed by atoms with van der Waals surface area (Å²) in [5.41, 5.74) is 0. The van der Waals surface area contributed by atoms with Crippen LogP contribution in [0.2, 0.25) is 0 Å². The summed E-state index contributed by atoms with van der Waals surface area (Å²) in [5, 5.41) is 0. The summed E-state index contributed by atoms with van der Waals surface area (Å²) in [6.45, 7) is 2.41. The fourth-order valence-electron chi connectivity index (χ4n) is 0.795. The number of thiocarbonyl (C=S) groups is 1. The van der Waals surface area contributed by atoms with Gasteiger partial charge < -0.3 is 4.74 Å². The highest BCUT2D eigenvalue weighted by Crippen LogP contribution is 2.29. The number of hydrogen-bond donors (Lipinski definition) is 0. The first-order valence-electron chi connectivity index (χ1n) is 3.93. The summed E-state index contributed by atoms with van der Waals surface area (Å²) < 4.78 is 19.0. The van der Waals surface area contributed by atoms with Crippen LogP contribution >= 0.6 is 39.9 Å². The summed E-state index contributed by atoms with van der Waals surface area (Å²) in [4.78, 5) is 0.852. The Morgan fingerprint density at radius 2 is 2.36 bits per heavy atom. The van der Waals surface area contributed by atoms with Crippen molar-refractivity contribution in [3.63, 3.8) is 0 Å². The topological polar surface area (TPSA) is 9.23 Å². The molecule has 0 saturated carbocycles. The van der Waals surface area contributed by atoms with Gasteiger partial charge in [0.2, 0.25) is 4.38 Å². The van der Waals surface area contributed by atoms with Crippen molar-refractivity contribution in [1.29, 1.82) is 0 Å². The quantitative estimate of drug-likeness (QED) is 0.603. The molecule has 1 nitrogen and oxygen atoms in total. The lowest BCUT2D eigenvalue weighted by atomic mass is 10.3. The summed E-state index contributed by atoms with van der Waals surface area (Å²) in [6.07, 6.45) is 0. The Labute approximate surface area is 100 Å². The van der Waals surface area contributed by atoms with Gasteiger partial charge in [-0.2, -0.15) is 0 Å². The standard InChI is InChI=1S/C9H8BrFOS2/c1-2-12-9(13)14-8-4-3-6(11)5-7(8)10/h3-5H,2H2,1H3. The molecule has 5 heteroatoms. The molecule has 0 N–H and O–H groups in total. The van der Waals surface area contributed by atoms with E-state index in [4.69, 9.17) is 17.0 Å². The van der Waals surface area contributed by atoms with Gasteiger partial charge in [-0.15, -0.1) is 0 Å². The van der Waals surface area contributed by atoms with Crippen LogP contribution in [-0.4, -0.2) is 11.0 Å². The first kappa shape index (κ1) is 11.9. The molecule has 0 fully saturated rings. The van der Waals surface area contributed by atoms with E-state index in [1.807, 2.05) is 6.92 Å². The van der Waals surface area contributed by atoms with Crippen LogP contribution in [0.3, 0.4) is 0 Å². The molecule has 0 unspecified atom stereocenters. The van der Waals surface area contributed by atoms with E-state index in [0.29, 0.717) is 15.5 Å². The highest BCUT2D eigenvalue weighted by atomic mass is 79.9. The van der Waals surface area contributed by atoms with Gasteiger partial charge in [-0.05, 0) is 65.0 Å². The van der Waals surface area contributed by atoms with Crippen LogP contribution in [0.25, 0.3) is 0 Å². The third kappa shape index (κ3) is 3.55. The average Bonchev–Trinajstić information content (AvgIpc) is 2.10. The third-order valence-corrected chi connectivity index (χ3v) is 3.50. The van der Waals surface area contributed by atoms with Crippen molar-refractivity contribution < 1.29 is 9.13 Å². The van der Waals surface area contributed by atoms with Crippen LogP contribution in [-0.2, 0) is 4.74 Å². The average molecular weight is 295 g/mol. The number of halogens is 2. The van der Waals surface area contributed by atoms with Crippen molar-refractivity contribution in [2.24, 2.45) is 0 Å². The summed E-state index contributed by atoms with van der Waals surface area (Å²) >= 11 is 9.50. The van der Waals surface area contributed by atoms with Crippen LogP contribution in [0.15, 0.2) is 27.6 Å². The van der Waals surface area contributed by atoms with Gasteiger partial charge in [-0.1, -0.05) is 0 Å². The second kappa shape index (κ2) is 5.68. The number of rotatable bonds is 2. The number of thioether (sulfide) groups is 1.